The molecule has 1 aliphatic rings. The summed E-state index contributed by atoms with van der Waals surface area (Å²) >= 11 is 9.37. The van der Waals surface area contributed by atoms with E-state index in [4.69, 9.17) is 20.8 Å². The Morgan fingerprint density at radius 1 is 1.27 bits per heavy atom. The lowest BCUT2D eigenvalue weighted by atomic mass is 10.2. The molecule has 6 nitrogen and oxygen atoms in total. The number of morpholine rings is 1. The van der Waals surface area contributed by atoms with E-state index >= 15 is 0 Å². The number of nitrogens with one attached hydrogen (secondary N) is 1. The lowest BCUT2D eigenvalue weighted by molar-refractivity contribution is -0.910. The largest absolute Gasteiger partial charge is 0.410 e. The van der Waals surface area contributed by atoms with E-state index in [9.17, 15) is 5.11 Å². The Kier molecular flexibility index (Phi) is 5.78. The van der Waals surface area contributed by atoms with Crippen LogP contribution < -0.4 is 4.90 Å². The van der Waals surface area contributed by atoms with Gasteiger partial charge in [0.2, 0.25) is 0 Å². The zero-order valence-corrected chi connectivity index (χ0v) is 16.4. The predicted molar refractivity (Wildman–Crippen MR) is 103 cm³/mol. The van der Waals surface area contributed by atoms with Crippen LogP contribution in [0.1, 0.15) is 0 Å². The molecule has 2 aromatic heterocycles. The van der Waals surface area contributed by atoms with Gasteiger partial charge in [-0.25, -0.2) is 0 Å². The number of nitrogens with zero attached hydrogens (tertiary/aromatic N) is 2. The van der Waals surface area contributed by atoms with Crippen LogP contribution in [0.15, 0.2) is 33.9 Å². The molecule has 1 fully saturated rings. The maximum atomic E-state index is 10.2. The number of aliphatic hydroxyl groups is 1. The number of benzene rings is 1. The molecule has 0 unspecified atom stereocenters. The third-order valence-corrected chi connectivity index (χ3v) is 6.89. The zero-order chi connectivity index (χ0) is 17.9. The molecule has 26 heavy (non-hydrogen) atoms. The van der Waals surface area contributed by atoms with E-state index in [0.29, 0.717) is 28.4 Å². The van der Waals surface area contributed by atoms with Crippen LogP contribution in [0, 0.1) is 0 Å². The van der Waals surface area contributed by atoms with Gasteiger partial charge in [0, 0.05) is 15.8 Å². The first-order chi connectivity index (χ1) is 12.7. The van der Waals surface area contributed by atoms with E-state index in [1.165, 1.54) is 28.0 Å². The number of aromatic nitrogens is 2. The summed E-state index contributed by atoms with van der Waals surface area (Å²) in [5.74, 6) is 0.943. The van der Waals surface area contributed by atoms with Crippen molar-refractivity contribution in [3.8, 4) is 10.8 Å². The Morgan fingerprint density at radius 2 is 2.08 bits per heavy atom. The molecule has 138 valence electrons. The van der Waals surface area contributed by atoms with Gasteiger partial charge in [-0.05, 0) is 6.07 Å². The minimum absolute atomic E-state index is 0.420. The quantitative estimate of drug-likeness (QED) is 0.603. The average molecular weight is 413 g/mol. The standard InChI is InChI=1S/C17H18ClN3O3S2/c18-14-12-3-1-2-4-13(12)26-15(14)16-19-20-17(24-16)25-10-11(22)9-21-5-7-23-8-6-21/h1-4,11,22H,5-10H2/p+1/t11-/m0/s1. The normalized spacial score (nSPS) is 17.0. The van der Waals surface area contributed by atoms with Gasteiger partial charge in [0.25, 0.3) is 11.1 Å². The molecule has 3 heterocycles. The monoisotopic (exact) mass is 412 g/mol. The summed E-state index contributed by atoms with van der Waals surface area (Å²) in [5, 5.41) is 20.5. The van der Waals surface area contributed by atoms with Crippen molar-refractivity contribution in [3.63, 3.8) is 0 Å². The van der Waals surface area contributed by atoms with Gasteiger partial charge in [-0.3, -0.25) is 0 Å². The molecular formula is C17H19ClN3O3S2+. The molecule has 1 atom stereocenters. The van der Waals surface area contributed by atoms with Gasteiger partial charge in [-0.1, -0.05) is 41.6 Å². The van der Waals surface area contributed by atoms with E-state index in [2.05, 4.69) is 10.2 Å². The fraction of sp³-hybridized carbons (Fsp3) is 0.412. The maximum Gasteiger partial charge on any atom is 0.276 e. The van der Waals surface area contributed by atoms with Crippen LogP contribution in [0.3, 0.4) is 0 Å². The first-order valence-electron chi connectivity index (χ1n) is 8.44. The van der Waals surface area contributed by atoms with E-state index < -0.39 is 6.10 Å². The minimum Gasteiger partial charge on any atom is -0.410 e. The van der Waals surface area contributed by atoms with Crippen molar-refractivity contribution in [1.29, 1.82) is 0 Å². The van der Waals surface area contributed by atoms with Crippen molar-refractivity contribution in [2.75, 3.05) is 38.6 Å². The predicted octanol–water partition coefficient (Wildman–Crippen LogP) is 1.97. The van der Waals surface area contributed by atoms with Crippen molar-refractivity contribution in [2.24, 2.45) is 0 Å². The number of hydrogen-bond acceptors (Lipinski definition) is 7. The second kappa shape index (κ2) is 8.24. The summed E-state index contributed by atoms with van der Waals surface area (Å²) < 4.78 is 12.2. The summed E-state index contributed by atoms with van der Waals surface area (Å²) in [5.41, 5.74) is 0. The van der Waals surface area contributed by atoms with Crippen LogP contribution in [-0.2, 0) is 4.74 Å². The Bertz CT molecular complexity index is 879. The highest BCUT2D eigenvalue weighted by molar-refractivity contribution is 7.99. The van der Waals surface area contributed by atoms with Crippen LogP contribution in [0.25, 0.3) is 20.9 Å². The molecule has 0 bridgehead atoms. The molecule has 0 spiro atoms. The van der Waals surface area contributed by atoms with Crippen molar-refractivity contribution in [3.05, 3.63) is 29.3 Å². The smallest absolute Gasteiger partial charge is 0.276 e. The van der Waals surface area contributed by atoms with E-state index in [1.807, 2.05) is 24.3 Å². The molecule has 9 heteroatoms. The van der Waals surface area contributed by atoms with E-state index in [1.54, 1.807) is 0 Å². The lowest BCUT2D eigenvalue weighted by Gasteiger charge is -2.25. The van der Waals surface area contributed by atoms with Gasteiger partial charge in [-0.15, -0.1) is 21.5 Å². The number of ether oxygens (including phenoxy) is 1. The third-order valence-electron chi connectivity index (χ3n) is 4.26. The molecule has 1 saturated heterocycles. The number of rotatable bonds is 6. The molecule has 0 aliphatic carbocycles. The van der Waals surface area contributed by atoms with E-state index in [0.717, 1.165) is 41.3 Å². The first kappa shape index (κ1) is 18.2. The van der Waals surface area contributed by atoms with Gasteiger partial charge >= 0.3 is 0 Å². The fourth-order valence-corrected chi connectivity index (χ4v) is 5.06. The van der Waals surface area contributed by atoms with Crippen molar-refractivity contribution in [2.45, 2.75) is 11.3 Å². The second-order valence-electron chi connectivity index (χ2n) is 6.15. The molecule has 2 N–H and O–H groups in total. The number of thioether (sulfide) groups is 1. The van der Waals surface area contributed by atoms with Gasteiger partial charge in [0.05, 0.1) is 18.2 Å². The number of fused-ring (bicyclic) bond motifs is 1. The number of thiophene rings is 1. The van der Waals surface area contributed by atoms with Crippen LogP contribution in [0.5, 0.6) is 0 Å². The van der Waals surface area contributed by atoms with Gasteiger partial charge < -0.3 is 19.2 Å². The fourth-order valence-electron chi connectivity index (χ4n) is 2.94. The number of quaternary nitrogens is 1. The molecule has 0 saturated carbocycles. The van der Waals surface area contributed by atoms with Crippen molar-refractivity contribution >= 4 is 44.8 Å². The summed E-state index contributed by atoms with van der Waals surface area (Å²) in [4.78, 5) is 2.15. The minimum atomic E-state index is -0.420. The van der Waals surface area contributed by atoms with Crippen LogP contribution >= 0.6 is 34.7 Å². The Hall–Kier alpha value is -1.16. The number of halogens is 1. The summed E-state index contributed by atoms with van der Waals surface area (Å²) in [6.07, 6.45) is -0.420. The molecule has 1 aliphatic heterocycles. The van der Waals surface area contributed by atoms with Crippen LogP contribution in [-0.4, -0.2) is 60.0 Å². The Morgan fingerprint density at radius 3 is 2.88 bits per heavy atom. The number of hydrogen-bond donors (Lipinski definition) is 2. The molecule has 0 radical (unpaired) electrons. The molecule has 0 amide bonds. The molecule has 4 rings (SSSR count). The van der Waals surface area contributed by atoms with Crippen LogP contribution in [0.2, 0.25) is 5.02 Å². The van der Waals surface area contributed by atoms with Crippen LogP contribution in [0.4, 0.5) is 0 Å². The molecule has 1 aromatic carbocycles. The Labute approximate surface area is 164 Å². The summed E-state index contributed by atoms with van der Waals surface area (Å²) in [6, 6.07) is 7.93. The first-order valence-corrected chi connectivity index (χ1v) is 10.6. The topological polar surface area (TPSA) is 72.8 Å². The Balaban J connectivity index is 1.39. The summed E-state index contributed by atoms with van der Waals surface area (Å²) in [6.45, 7) is 4.11. The SMILES string of the molecule is O[C@H](CSc1nnc(-c2sc3ccccc3c2Cl)o1)C[NH+]1CCOCC1. The highest BCUT2D eigenvalue weighted by atomic mass is 35.5. The summed E-state index contributed by atoms with van der Waals surface area (Å²) in [7, 11) is 0. The highest BCUT2D eigenvalue weighted by Gasteiger charge is 2.21. The van der Waals surface area contributed by atoms with Crippen molar-refractivity contribution < 1.29 is 19.2 Å². The van der Waals surface area contributed by atoms with Gasteiger partial charge in [0.15, 0.2) is 0 Å². The molecule has 3 aromatic rings. The molecular weight excluding hydrogens is 394 g/mol. The van der Waals surface area contributed by atoms with Gasteiger partial charge in [-0.2, -0.15) is 0 Å². The highest BCUT2D eigenvalue weighted by Crippen LogP contribution is 2.41. The third kappa shape index (κ3) is 4.05. The zero-order valence-electron chi connectivity index (χ0n) is 14.0. The van der Waals surface area contributed by atoms with Gasteiger partial charge in [0.1, 0.15) is 30.6 Å². The second-order valence-corrected chi connectivity index (χ2v) is 8.55. The average Bonchev–Trinajstić information content (AvgIpc) is 3.26. The lowest BCUT2D eigenvalue weighted by Crippen LogP contribution is -3.15. The van der Waals surface area contributed by atoms with Crippen molar-refractivity contribution in [1.82, 2.24) is 10.2 Å². The maximum absolute atomic E-state index is 10.2. The number of aliphatic hydroxyl groups excluding tert-OH is 1. The van der Waals surface area contributed by atoms with E-state index in [-0.39, 0.29) is 0 Å².